The molecule has 0 radical (unpaired) electrons. The number of imidazole rings is 1. The largest absolute Gasteiger partial charge is 0.294 e. The van der Waals surface area contributed by atoms with Crippen LogP contribution in [0.15, 0.2) is 42.7 Å². The second-order valence-corrected chi connectivity index (χ2v) is 6.84. The van der Waals surface area contributed by atoms with Crippen molar-refractivity contribution in [2.45, 2.75) is 51.9 Å². The summed E-state index contributed by atoms with van der Waals surface area (Å²) in [6.07, 6.45) is 10.4. The molecule has 3 heteroatoms. The molecule has 3 aromatic rings. The minimum atomic E-state index is 0.615. The van der Waals surface area contributed by atoms with Crippen LogP contribution in [0.5, 0.6) is 0 Å². The molecule has 0 amide bonds. The molecule has 0 aliphatic rings. The Morgan fingerprint density at radius 1 is 1.14 bits per heavy atom. The fourth-order valence-electron chi connectivity index (χ4n) is 3.15. The average Bonchev–Trinajstić information content (AvgIpc) is 3.14. The van der Waals surface area contributed by atoms with E-state index in [0.717, 1.165) is 4.96 Å². The second-order valence-electron chi connectivity index (χ2n) is 5.86. The van der Waals surface area contributed by atoms with Gasteiger partial charge in [-0.05, 0) is 18.4 Å². The predicted octanol–water partition coefficient (Wildman–Crippen LogP) is 6.14. The first-order chi connectivity index (χ1) is 10.8. The zero-order chi connectivity index (χ0) is 15.4. The zero-order valence-corrected chi connectivity index (χ0v) is 14.3. The number of aromatic nitrogens is 2. The molecule has 2 heterocycles. The van der Waals surface area contributed by atoms with Crippen molar-refractivity contribution in [3.05, 3.63) is 48.4 Å². The van der Waals surface area contributed by atoms with Gasteiger partial charge in [0.15, 0.2) is 4.96 Å². The van der Waals surface area contributed by atoms with E-state index in [4.69, 9.17) is 0 Å². The Hall–Kier alpha value is -1.61. The Kier molecular flexibility index (Phi) is 4.94. The summed E-state index contributed by atoms with van der Waals surface area (Å²) in [7, 11) is 0. The molecule has 22 heavy (non-hydrogen) atoms. The van der Waals surface area contributed by atoms with Crippen LogP contribution in [0.4, 0.5) is 0 Å². The van der Waals surface area contributed by atoms with Gasteiger partial charge in [0, 0.05) is 24.0 Å². The maximum atomic E-state index is 4.52. The standard InChI is InChI=1S/C19H24N2S/c1-3-5-7-10-15(4-2)17-18(16-11-8-6-9-12-16)22-19-20-13-14-21(17)19/h6,8-9,11-15H,3-5,7,10H2,1-2H3. The molecule has 2 nitrogen and oxygen atoms in total. The number of thiazole rings is 1. The van der Waals surface area contributed by atoms with Gasteiger partial charge in [-0.3, -0.25) is 4.40 Å². The van der Waals surface area contributed by atoms with Gasteiger partial charge in [-0.15, -0.1) is 0 Å². The van der Waals surface area contributed by atoms with Crippen molar-refractivity contribution >= 4 is 16.3 Å². The van der Waals surface area contributed by atoms with Gasteiger partial charge < -0.3 is 0 Å². The molecule has 3 rings (SSSR count). The van der Waals surface area contributed by atoms with E-state index < -0.39 is 0 Å². The molecular weight excluding hydrogens is 288 g/mol. The molecular formula is C19H24N2S. The topological polar surface area (TPSA) is 17.3 Å². The van der Waals surface area contributed by atoms with Gasteiger partial charge in [0.05, 0.1) is 4.88 Å². The summed E-state index contributed by atoms with van der Waals surface area (Å²) >= 11 is 1.82. The lowest BCUT2D eigenvalue weighted by Gasteiger charge is -2.16. The number of fused-ring (bicyclic) bond motifs is 1. The molecule has 2 aromatic heterocycles. The highest BCUT2D eigenvalue weighted by molar-refractivity contribution is 7.20. The molecule has 0 saturated carbocycles. The minimum Gasteiger partial charge on any atom is -0.294 e. The van der Waals surface area contributed by atoms with Gasteiger partial charge in [0.2, 0.25) is 0 Å². The zero-order valence-electron chi connectivity index (χ0n) is 13.5. The highest BCUT2D eigenvalue weighted by Crippen LogP contribution is 2.39. The summed E-state index contributed by atoms with van der Waals surface area (Å²) in [5.74, 6) is 0.615. The molecule has 1 aromatic carbocycles. The number of benzene rings is 1. The highest BCUT2D eigenvalue weighted by atomic mass is 32.1. The molecule has 1 atom stereocenters. The Bertz CT molecular complexity index is 711. The van der Waals surface area contributed by atoms with Crippen LogP contribution in [0.25, 0.3) is 15.4 Å². The third kappa shape index (κ3) is 2.95. The third-order valence-electron chi connectivity index (χ3n) is 4.36. The van der Waals surface area contributed by atoms with E-state index in [1.807, 2.05) is 17.5 Å². The van der Waals surface area contributed by atoms with Crippen LogP contribution in [0, 0.1) is 0 Å². The van der Waals surface area contributed by atoms with E-state index in [0.29, 0.717) is 5.92 Å². The van der Waals surface area contributed by atoms with Gasteiger partial charge in [-0.1, -0.05) is 74.8 Å². The number of rotatable bonds is 7. The summed E-state index contributed by atoms with van der Waals surface area (Å²) in [5.41, 5.74) is 2.78. The van der Waals surface area contributed by atoms with Crippen LogP contribution in [0.1, 0.15) is 57.6 Å². The van der Waals surface area contributed by atoms with E-state index in [9.17, 15) is 0 Å². The molecule has 0 N–H and O–H groups in total. The number of hydrogen-bond donors (Lipinski definition) is 0. The Labute approximate surface area is 136 Å². The lowest BCUT2D eigenvalue weighted by Crippen LogP contribution is -2.03. The summed E-state index contributed by atoms with van der Waals surface area (Å²) in [4.78, 5) is 7.03. The van der Waals surface area contributed by atoms with Gasteiger partial charge >= 0.3 is 0 Å². The van der Waals surface area contributed by atoms with Crippen molar-refractivity contribution in [2.24, 2.45) is 0 Å². The number of hydrogen-bond acceptors (Lipinski definition) is 2. The quantitative estimate of drug-likeness (QED) is 0.479. The SMILES string of the molecule is CCCCCC(CC)c1c(-c2ccccc2)sc2nccn12. The van der Waals surface area contributed by atoms with Gasteiger partial charge in [0.1, 0.15) is 0 Å². The molecule has 0 spiro atoms. The highest BCUT2D eigenvalue weighted by Gasteiger charge is 2.21. The van der Waals surface area contributed by atoms with Crippen molar-refractivity contribution in [3.8, 4) is 10.4 Å². The first-order valence-electron chi connectivity index (χ1n) is 8.36. The first-order valence-corrected chi connectivity index (χ1v) is 9.18. The van der Waals surface area contributed by atoms with Gasteiger partial charge in [-0.2, -0.15) is 0 Å². The molecule has 0 bridgehead atoms. The van der Waals surface area contributed by atoms with E-state index >= 15 is 0 Å². The van der Waals surface area contributed by atoms with Crippen LogP contribution >= 0.6 is 11.3 Å². The van der Waals surface area contributed by atoms with Crippen LogP contribution in [-0.4, -0.2) is 9.38 Å². The molecule has 1 unspecified atom stereocenters. The fourth-order valence-corrected chi connectivity index (χ4v) is 4.33. The number of nitrogens with zero attached hydrogens (tertiary/aromatic N) is 2. The predicted molar refractivity (Wildman–Crippen MR) is 95.7 cm³/mol. The van der Waals surface area contributed by atoms with Crippen LogP contribution in [0.3, 0.4) is 0 Å². The molecule has 0 saturated heterocycles. The van der Waals surface area contributed by atoms with Gasteiger partial charge in [0.25, 0.3) is 0 Å². The summed E-state index contributed by atoms with van der Waals surface area (Å²) in [6, 6.07) is 10.8. The lowest BCUT2D eigenvalue weighted by molar-refractivity contribution is 0.542. The van der Waals surface area contributed by atoms with Crippen molar-refractivity contribution in [1.29, 1.82) is 0 Å². The fraction of sp³-hybridized carbons (Fsp3) is 0.421. The maximum absolute atomic E-state index is 4.52. The Morgan fingerprint density at radius 3 is 2.68 bits per heavy atom. The van der Waals surface area contributed by atoms with E-state index in [2.05, 4.69) is 59.8 Å². The molecule has 116 valence electrons. The molecule has 0 fully saturated rings. The third-order valence-corrected chi connectivity index (χ3v) is 5.50. The molecule has 0 aliphatic heterocycles. The summed E-state index contributed by atoms with van der Waals surface area (Å²) in [5, 5.41) is 0. The number of unbranched alkanes of at least 4 members (excludes halogenated alkanes) is 2. The Balaban J connectivity index is 2.03. The van der Waals surface area contributed by atoms with Gasteiger partial charge in [-0.25, -0.2) is 4.98 Å². The van der Waals surface area contributed by atoms with E-state index in [-0.39, 0.29) is 0 Å². The van der Waals surface area contributed by atoms with Crippen molar-refractivity contribution in [1.82, 2.24) is 9.38 Å². The van der Waals surface area contributed by atoms with Crippen LogP contribution in [0.2, 0.25) is 0 Å². The molecule has 0 aliphatic carbocycles. The average molecular weight is 312 g/mol. The van der Waals surface area contributed by atoms with Crippen molar-refractivity contribution in [2.75, 3.05) is 0 Å². The van der Waals surface area contributed by atoms with E-state index in [1.54, 1.807) is 0 Å². The second kappa shape index (κ2) is 7.10. The maximum Gasteiger partial charge on any atom is 0.194 e. The van der Waals surface area contributed by atoms with E-state index in [1.165, 1.54) is 48.2 Å². The van der Waals surface area contributed by atoms with Crippen LogP contribution in [-0.2, 0) is 0 Å². The normalized spacial score (nSPS) is 12.8. The van der Waals surface area contributed by atoms with Crippen molar-refractivity contribution in [3.63, 3.8) is 0 Å². The smallest absolute Gasteiger partial charge is 0.194 e. The lowest BCUT2D eigenvalue weighted by atomic mass is 9.93. The minimum absolute atomic E-state index is 0.615. The summed E-state index contributed by atoms with van der Waals surface area (Å²) in [6.45, 7) is 4.58. The monoisotopic (exact) mass is 312 g/mol. The Morgan fingerprint density at radius 2 is 1.95 bits per heavy atom. The first kappa shape index (κ1) is 15.3. The summed E-state index contributed by atoms with van der Waals surface area (Å²) < 4.78 is 2.31. The van der Waals surface area contributed by atoms with Crippen molar-refractivity contribution < 1.29 is 0 Å². The van der Waals surface area contributed by atoms with Crippen LogP contribution < -0.4 is 0 Å².